The number of hydrogen-bond acceptors (Lipinski definition) is 5. The largest absolute Gasteiger partial charge is 0.461 e. The van der Waals surface area contributed by atoms with E-state index in [0.29, 0.717) is 5.69 Å². The minimum atomic E-state index is -0.535. The van der Waals surface area contributed by atoms with Gasteiger partial charge in [0.2, 0.25) is 11.7 Å². The van der Waals surface area contributed by atoms with E-state index in [4.69, 9.17) is 4.42 Å². The first kappa shape index (κ1) is 15.4. The molecule has 120 valence electrons. The summed E-state index contributed by atoms with van der Waals surface area (Å²) in [7, 11) is 0. The molecule has 0 atom stereocenters. The summed E-state index contributed by atoms with van der Waals surface area (Å²) in [5.74, 6) is -0.819. The molecule has 3 rings (SSSR count). The molecule has 1 amide bonds. The smallest absolute Gasteiger partial charge is 0.295 e. The van der Waals surface area contributed by atoms with Crippen molar-refractivity contribution >= 4 is 17.4 Å². The number of rotatable bonds is 4. The van der Waals surface area contributed by atoms with Crippen LogP contribution in [0.3, 0.4) is 0 Å². The minimum absolute atomic E-state index is 0.0165. The van der Waals surface area contributed by atoms with E-state index in [9.17, 15) is 14.4 Å². The van der Waals surface area contributed by atoms with Gasteiger partial charge in [-0.25, -0.2) is 0 Å². The van der Waals surface area contributed by atoms with Crippen molar-refractivity contribution < 1.29 is 14.0 Å². The van der Waals surface area contributed by atoms with E-state index in [1.54, 1.807) is 36.4 Å². The Morgan fingerprint density at radius 1 is 1.12 bits per heavy atom. The molecular formula is C17H13N3O4. The van der Waals surface area contributed by atoms with Crippen molar-refractivity contribution in [2.45, 2.75) is 6.92 Å². The van der Waals surface area contributed by atoms with E-state index < -0.39 is 17.2 Å². The van der Waals surface area contributed by atoms with Gasteiger partial charge in [-0.15, -0.1) is 0 Å². The van der Waals surface area contributed by atoms with Crippen molar-refractivity contribution in [3.63, 3.8) is 0 Å². The molecule has 7 heteroatoms. The zero-order valence-electron chi connectivity index (χ0n) is 12.7. The predicted molar refractivity (Wildman–Crippen MR) is 86.3 cm³/mol. The lowest BCUT2D eigenvalue weighted by Gasteiger charge is -2.09. The predicted octanol–water partition coefficient (Wildman–Crippen LogP) is 2.01. The van der Waals surface area contributed by atoms with Gasteiger partial charge in [-0.2, -0.15) is 9.78 Å². The maximum Gasteiger partial charge on any atom is 0.295 e. The molecule has 0 spiro atoms. The molecule has 0 saturated heterocycles. The van der Waals surface area contributed by atoms with Crippen molar-refractivity contribution in [1.29, 1.82) is 0 Å². The molecule has 24 heavy (non-hydrogen) atoms. The average Bonchev–Trinajstić information content (AvgIpc) is 3.11. The SMILES string of the molecule is CC(=O)Nc1cc(C(=O)c2ccco2)nn(-c2ccccc2)c1=O. The highest BCUT2D eigenvalue weighted by Gasteiger charge is 2.19. The van der Waals surface area contributed by atoms with Crippen LogP contribution in [-0.4, -0.2) is 21.5 Å². The van der Waals surface area contributed by atoms with Gasteiger partial charge in [0.25, 0.3) is 5.56 Å². The molecule has 0 saturated carbocycles. The first-order valence-corrected chi connectivity index (χ1v) is 7.12. The van der Waals surface area contributed by atoms with Crippen LogP contribution in [0.2, 0.25) is 0 Å². The van der Waals surface area contributed by atoms with Gasteiger partial charge >= 0.3 is 0 Å². The van der Waals surface area contributed by atoms with Crippen LogP contribution >= 0.6 is 0 Å². The van der Waals surface area contributed by atoms with Gasteiger partial charge in [-0.1, -0.05) is 18.2 Å². The van der Waals surface area contributed by atoms with Crippen molar-refractivity contribution in [3.05, 3.63) is 76.6 Å². The highest BCUT2D eigenvalue weighted by atomic mass is 16.3. The number of para-hydroxylation sites is 1. The number of carbonyl (C=O) groups excluding carboxylic acids is 2. The molecular weight excluding hydrogens is 310 g/mol. The second kappa shape index (κ2) is 6.33. The van der Waals surface area contributed by atoms with Gasteiger partial charge in [0.1, 0.15) is 11.4 Å². The Morgan fingerprint density at radius 2 is 1.88 bits per heavy atom. The lowest BCUT2D eigenvalue weighted by molar-refractivity contribution is -0.114. The molecule has 0 unspecified atom stereocenters. The Balaban J connectivity index is 2.18. The number of amides is 1. The number of carbonyl (C=O) groups is 2. The molecule has 0 bridgehead atoms. The first-order chi connectivity index (χ1) is 11.6. The number of nitrogens with one attached hydrogen (secondary N) is 1. The maximum atomic E-state index is 12.5. The number of anilines is 1. The van der Waals surface area contributed by atoms with Crippen LogP contribution in [0.5, 0.6) is 0 Å². The molecule has 1 N–H and O–H groups in total. The Kier molecular flexibility index (Phi) is 4.07. The van der Waals surface area contributed by atoms with Crippen LogP contribution in [0.25, 0.3) is 5.69 Å². The van der Waals surface area contributed by atoms with E-state index in [1.165, 1.54) is 25.3 Å². The van der Waals surface area contributed by atoms with Gasteiger partial charge in [-0.05, 0) is 30.3 Å². The summed E-state index contributed by atoms with van der Waals surface area (Å²) in [5, 5.41) is 6.54. The van der Waals surface area contributed by atoms with Gasteiger partial charge in [0.05, 0.1) is 12.0 Å². The van der Waals surface area contributed by atoms with Crippen LogP contribution in [0.4, 0.5) is 5.69 Å². The van der Waals surface area contributed by atoms with E-state index in [-0.39, 0.29) is 17.1 Å². The van der Waals surface area contributed by atoms with Crippen LogP contribution in [0.1, 0.15) is 23.2 Å². The van der Waals surface area contributed by atoms with E-state index in [0.717, 1.165) is 4.68 Å². The number of furan rings is 1. The normalized spacial score (nSPS) is 10.4. The number of hydrogen-bond donors (Lipinski definition) is 1. The summed E-state index contributed by atoms with van der Waals surface area (Å²) in [4.78, 5) is 36.3. The molecule has 0 radical (unpaired) electrons. The molecule has 0 fully saturated rings. The second-order valence-corrected chi connectivity index (χ2v) is 4.98. The van der Waals surface area contributed by atoms with Crippen molar-refractivity contribution in [2.24, 2.45) is 0 Å². The highest BCUT2D eigenvalue weighted by molar-refractivity contribution is 6.06. The topological polar surface area (TPSA) is 94.2 Å². The number of ketones is 1. The van der Waals surface area contributed by atoms with Gasteiger partial charge in [0.15, 0.2) is 5.76 Å². The van der Waals surface area contributed by atoms with Crippen LogP contribution in [0.15, 0.2) is 64.0 Å². The number of benzene rings is 1. The lowest BCUT2D eigenvalue weighted by Crippen LogP contribution is -2.28. The Bertz CT molecular complexity index is 944. The average molecular weight is 323 g/mol. The fourth-order valence-electron chi connectivity index (χ4n) is 2.16. The van der Waals surface area contributed by atoms with Gasteiger partial charge in [0, 0.05) is 6.92 Å². The molecule has 2 aromatic heterocycles. The van der Waals surface area contributed by atoms with Crippen molar-refractivity contribution in [3.8, 4) is 5.69 Å². The Morgan fingerprint density at radius 3 is 2.50 bits per heavy atom. The summed E-state index contributed by atoms with van der Waals surface area (Å²) in [6, 6.07) is 12.9. The molecule has 1 aromatic carbocycles. The van der Waals surface area contributed by atoms with Gasteiger partial charge < -0.3 is 9.73 Å². The Hall–Kier alpha value is -3.48. The maximum absolute atomic E-state index is 12.5. The molecule has 3 aromatic rings. The first-order valence-electron chi connectivity index (χ1n) is 7.12. The van der Waals surface area contributed by atoms with E-state index in [2.05, 4.69) is 10.4 Å². The van der Waals surface area contributed by atoms with Gasteiger partial charge in [-0.3, -0.25) is 14.4 Å². The molecule has 2 heterocycles. The quantitative estimate of drug-likeness (QED) is 0.741. The van der Waals surface area contributed by atoms with Crippen molar-refractivity contribution in [2.75, 3.05) is 5.32 Å². The summed E-state index contributed by atoms with van der Waals surface area (Å²) in [6.45, 7) is 1.28. The third-order valence-electron chi connectivity index (χ3n) is 3.20. The van der Waals surface area contributed by atoms with E-state index in [1.807, 2.05) is 0 Å². The summed E-state index contributed by atoms with van der Waals surface area (Å²) in [6.07, 6.45) is 1.37. The van der Waals surface area contributed by atoms with Crippen molar-refractivity contribution in [1.82, 2.24) is 9.78 Å². The van der Waals surface area contributed by atoms with Crippen LogP contribution in [0, 0.1) is 0 Å². The molecule has 0 aliphatic carbocycles. The molecule has 7 nitrogen and oxygen atoms in total. The monoisotopic (exact) mass is 323 g/mol. The fraction of sp³-hybridized carbons (Fsp3) is 0.0588. The molecule has 0 aliphatic rings. The highest BCUT2D eigenvalue weighted by Crippen LogP contribution is 2.12. The third kappa shape index (κ3) is 3.00. The standard InChI is InChI=1S/C17H13N3O4/c1-11(21)18-14-10-13(16(22)15-8-5-9-24-15)19-20(17(14)23)12-6-3-2-4-7-12/h2-10H,1H3,(H,18,21). The minimum Gasteiger partial charge on any atom is -0.461 e. The zero-order chi connectivity index (χ0) is 17.1. The van der Waals surface area contributed by atoms with E-state index >= 15 is 0 Å². The molecule has 0 aliphatic heterocycles. The zero-order valence-corrected chi connectivity index (χ0v) is 12.7. The third-order valence-corrected chi connectivity index (χ3v) is 3.20. The fourth-order valence-corrected chi connectivity index (χ4v) is 2.16. The van der Waals surface area contributed by atoms with Crippen LogP contribution in [-0.2, 0) is 4.79 Å². The van der Waals surface area contributed by atoms with Crippen LogP contribution < -0.4 is 10.9 Å². The number of nitrogens with zero attached hydrogens (tertiary/aromatic N) is 2. The summed E-state index contributed by atoms with van der Waals surface area (Å²) < 4.78 is 6.15. The summed E-state index contributed by atoms with van der Waals surface area (Å²) in [5.41, 5.74) is -0.107. The second-order valence-electron chi connectivity index (χ2n) is 4.98. The lowest BCUT2D eigenvalue weighted by atomic mass is 10.2. The number of aromatic nitrogens is 2. The summed E-state index contributed by atoms with van der Waals surface area (Å²) >= 11 is 0. The Labute approximate surface area is 136 Å².